The van der Waals surface area contributed by atoms with Gasteiger partial charge >= 0.3 is 0 Å². The zero-order chi connectivity index (χ0) is 24.2. The van der Waals surface area contributed by atoms with E-state index in [0.717, 1.165) is 30.4 Å². The Balaban J connectivity index is 1.42. The van der Waals surface area contributed by atoms with Crippen LogP contribution in [0.3, 0.4) is 0 Å². The molecule has 2 aromatic carbocycles. The summed E-state index contributed by atoms with van der Waals surface area (Å²) in [7, 11) is 0. The lowest BCUT2D eigenvalue weighted by Gasteiger charge is -2.35. The highest BCUT2D eigenvalue weighted by atomic mass is 32.1. The largest absolute Gasteiger partial charge is 0.459 e. The molecule has 0 bridgehead atoms. The van der Waals surface area contributed by atoms with Crippen molar-refractivity contribution in [3.05, 3.63) is 112 Å². The molecule has 2 aromatic heterocycles. The van der Waals surface area contributed by atoms with E-state index in [1.165, 1.54) is 46.2 Å². The normalized spacial score (nSPS) is 18.8. The molecule has 1 saturated heterocycles. The van der Waals surface area contributed by atoms with Crippen LogP contribution in [-0.2, 0) is 6.42 Å². The second-order valence-electron chi connectivity index (χ2n) is 9.59. The lowest BCUT2D eigenvalue weighted by molar-refractivity contribution is -0.931. The van der Waals surface area contributed by atoms with E-state index >= 15 is 0 Å². The van der Waals surface area contributed by atoms with Crippen molar-refractivity contribution >= 4 is 22.2 Å². The Labute approximate surface area is 211 Å². The van der Waals surface area contributed by atoms with Crippen LogP contribution < -0.4 is 10.2 Å². The number of furan rings is 1. The zero-order valence-electron chi connectivity index (χ0n) is 20.4. The number of carbonyl (C=O) groups is 1. The van der Waals surface area contributed by atoms with Crippen molar-refractivity contribution in [2.75, 3.05) is 18.4 Å². The first kappa shape index (κ1) is 23.6. The number of benzene rings is 2. The van der Waals surface area contributed by atoms with E-state index < -0.39 is 0 Å². The van der Waals surface area contributed by atoms with Crippen molar-refractivity contribution in [2.24, 2.45) is 5.92 Å². The van der Waals surface area contributed by atoms with Gasteiger partial charge < -0.3 is 14.6 Å². The van der Waals surface area contributed by atoms with Crippen molar-refractivity contribution in [1.82, 2.24) is 0 Å². The molecule has 0 spiro atoms. The number of piperidine rings is 1. The molecule has 3 heterocycles. The number of amides is 1. The lowest BCUT2D eigenvalue weighted by Crippen LogP contribution is -3.13. The van der Waals surface area contributed by atoms with E-state index in [1.807, 2.05) is 0 Å². The van der Waals surface area contributed by atoms with Crippen LogP contribution in [0.25, 0.3) is 0 Å². The number of rotatable bonds is 7. The molecule has 0 aliphatic carbocycles. The minimum Gasteiger partial charge on any atom is -0.459 e. The van der Waals surface area contributed by atoms with Crippen LogP contribution in [0.2, 0.25) is 0 Å². The monoisotopic (exact) mass is 485 g/mol. The summed E-state index contributed by atoms with van der Waals surface area (Å²) in [5.41, 5.74) is 5.26. The lowest BCUT2D eigenvalue weighted by atomic mass is 9.87. The van der Waals surface area contributed by atoms with Crippen molar-refractivity contribution in [2.45, 2.75) is 39.2 Å². The van der Waals surface area contributed by atoms with Crippen molar-refractivity contribution in [3.8, 4) is 0 Å². The summed E-state index contributed by atoms with van der Waals surface area (Å²) in [4.78, 5) is 15.7. The Bertz CT molecular complexity index is 1240. The minimum atomic E-state index is -0.194. The average molecular weight is 486 g/mol. The fourth-order valence-corrected chi connectivity index (χ4v) is 6.49. The standard InChI is InChI=1S/C30H32N2O2S/c1-21-22(2)35-30(31-29(33)26-14-9-19-34-26)27(21)28(25-12-7-4-8-13-25)32-17-15-24(16-18-32)20-23-10-5-3-6-11-23/h3-14,19,24,28H,15-18,20H2,1-2H3,(H,31,33)/p+1/t28-/m0/s1. The van der Waals surface area contributed by atoms with Gasteiger partial charge in [0.2, 0.25) is 0 Å². The van der Waals surface area contributed by atoms with E-state index in [1.54, 1.807) is 28.4 Å². The highest BCUT2D eigenvalue weighted by Gasteiger charge is 2.35. The summed E-state index contributed by atoms with van der Waals surface area (Å²) in [5, 5.41) is 4.12. The molecule has 2 N–H and O–H groups in total. The topological polar surface area (TPSA) is 46.7 Å². The van der Waals surface area contributed by atoms with Crippen LogP contribution in [0, 0.1) is 19.8 Å². The number of thiophene rings is 1. The third-order valence-corrected chi connectivity index (χ3v) is 8.49. The average Bonchev–Trinajstić information content (AvgIpc) is 3.52. The Morgan fingerprint density at radius 3 is 2.34 bits per heavy atom. The van der Waals surface area contributed by atoms with Crippen molar-refractivity contribution in [3.63, 3.8) is 0 Å². The summed E-state index contributed by atoms with van der Waals surface area (Å²) < 4.78 is 5.35. The van der Waals surface area contributed by atoms with Gasteiger partial charge in [0.1, 0.15) is 11.0 Å². The minimum absolute atomic E-state index is 0.186. The number of likely N-dealkylation sites (tertiary alicyclic amines) is 1. The maximum Gasteiger partial charge on any atom is 0.291 e. The second kappa shape index (κ2) is 10.6. The van der Waals surface area contributed by atoms with E-state index in [4.69, 9.17) is 4.42 Å². The third-order valence-electron chi connectivity index (χ3n) is 7.35. The first-order valence-electron chi connectivity index (χ1n) is 12.5. The van der Waals surface area contributed by atoms with Crippen LogP contribution in [0.1, 0.15) is 56.6 Å². The fourth-order valence-electron chi connectivity index (χ4n) is 5.40. The fraction of sp³-hybridized carbons (Fsp3) is 0.300. The highest BCUT2D eigenvalue weighted by Crippen LogP contribution is 2.39. The summed E-state index contributed by atoms with van der Waals surface area (Å²) >= 11 is 1.67. The SMILES string of the molecule is Cc1sc(NC(=O)c2ccco2)c([C@H](c2ccccc2)[NH+]2CCC(Cc3ccccc3)CC2)c1C. The van der Waals surface area contributed by atoms with Gasteiger partial charge in [-0.2, -0.15) is 0 Å². The number of hydrogen-bond acceptors (Lipinski definition) is 3. The van der Waals surface area contributed by atoms with E-state index in [-0.39, 0.29) is 11.9 Å². The zero-order valence-corrected chi connectivity index (χ0v) is 21.2. The Kier molecular flexibility index (Phi) is 7.16. The molecule has 5 rings (SSSR count). The summed E-state index contributed by atoms with van der Waals surface area (Å²) in [6.45, 7) is 6.59. The van der Waals surface area contributed by atoms with E-state index in [2.05, 4.69) is 79.8 Å². The van der Waals surface area contributed by atoms with Crippen molar-refractivity contribution in [1.29, 1.82) is 0 Å². The quantitative estimate of drug-likeness (QED) is 0.346. The first-order valence-corrected chi connectivity index (χ1v) is 13.3. The molecule has 1 amide bonds. The predicted octanol–water partition coefficient (Wildman–Crippen LogP) is 5.84. The smallest absolute Gasteiger partial charge is 0.291 e. The number of carbonyl (C=O) groups excluding carboxylic acids is 1. The van der Waals surface area contributed by atoms with Gasteiger partial charge in [-0.1, -0.05) is 60.7 Å². The molecule has 1 aliphatic rings. The summed E-state index contributed by atoms with van der Waals surface area (Å²) in [6, 6.07) is 25.3. The number of quaternary nitrogens is 1. The third kappa shape index (κ3) is 5.26. The molecule has 4 nitrogen and oxygen atoms in total. The molecule has 5 heteroatoms. The number of anilines is 1. The predicted molar refractivity (Wildman–Crippen MR) is 142 cm³/mol. The van der Waals surface area contributed by atoms with Gasteiger partial charge in [-0.3, -0.25) is 4.79 Å². The Morgan fingerprint density at radius 1 is 1.00 bits per heavy atom. The first-order chi connectivity index (χ1) is 17.1. The van der Waals surface area contributed by atoms with Gasteiger partial charge in [-0.25, -0.2) is 0 Å². The number of aryl methyl sites for hydroxylation is 1. The molecule has 35 heavy (non-hydrogen) atoms. The van der Waals surface area contributed by atoms with Gasteiger partial charge in [0.25, 0.3) is 5.91 Å². The Morgan fingerprint density at radius 2 is 1.69 bits per heavy atom. The van der Waals surface area contributed by atoms with Gasteiger partial charge in [0.05, 0.1) is 24.9 Å². The molecule has 1 aliphatic heterocycles. The molecule has 1 atom stereocenters. The molecule has 180 valence electrons. The van der Waals surface area contributed by atoms with Crippen LogP contribution in [-0.4, -0.2) is 19.0 Å². The molecule has 0 radical (unpaired) electrons. The van der Waals surface area contributed by atoms with Crippen LogP contribution >= 0.6 is 11.3 Å². The Hall–Kier alpha value is -3.15. The second-order valence-corrected chi connectivity index (χ2v) is 10.8. The van der Waals surface area contributed by atoms with Gasteiger partial charge in [0, 0.05) is 10.4 Å². The van der Waals surface area contributed by atoms with Gasteiger partial charge in [-0.15, -0.1) is 11.3 Å². The molecular weight excluding hydrogens is 452 g/mol. The molecule has 4 aromatic rings. The van der Waals surface area contributed by atoms with E-state index in [0.29, 0.717) is 5.76 Å². The van der Waals surface area contributed by atoms with Gasteiger partial charge in [0.15, 0.2) is 5.76 Å². The molecular formula is C30H33N2O2S+. The van der Waals surface area contributed by atoms with Gasteiger partial charge in [-0.05, 0) is 62.3 Å². The van der Waals surface area contributed by atoms with Crippen LogP contribution in [0.15, 0.2) is 83.5 Å². The van der Waals surface area contributed by atoms with E-state index in [9.17, 15) is 4.79 Å². The highest BCUT2D eigenvalue weighted by molar-refractivity contribution is 7.16. The molecule has 0 unspecified atom stereocenters. The number of hydrogen-bond donors (Lipinski definition) is 2. The summed E-state index contributed by atoms with van der Waals surface area (Å²) in [5.74, 6) is 0.867. The maximum absolute atomic E-state index is 12.9. The summed E-state index contributed by atoms with van der Waals surface area (Å²) in [6.07, 6.45) is 5.12. The van der Waals surface area contributed by atoms with Crippen LogP contribution in [0.5, 0.6) is 0 Å². The maximum atomic E-state index is 12.9. The van der Waals surface area contributed by atoms with Crippen LogP contribution in [0.4, 0.5) is 5.00 Å². The van der Waals surface area contributed by atoms with Crippen molar-refractivity contribution < 1.29 is 14.1 Å². The molecule has 0 saturated carbocycles. The number of nitrogens with one attached hydrogen (secondary N) is 2. The molecule has 1 fully saturated rings.